The quantitative estimate of drug-likeness (QED) is 0.506. The van der Waals surface area contributed by atoms with Crippen molar-refractivity contribution in [3.8, 4) is 0 Å². The van der Waals surface area contributed by atoms with Crippen LogP contribution in [0, 0.1) is 0 Å². The molecular formula is C21H26BF3O5. The molecule has 1 aromatic carbocycles. The van der Waals surface area contributed by atoms with E-state index < -0.39 is 41.6 Å². The SMILES string of the molecule is CCOC(=O)c1oc2c(C(F)(F)F)cc(C(C)C)cc2c1B1OC(C)(C)C(C)(C)O1. The Labute approximate surface area is 174 Å². The van der Waals surface area contributed by atoms with Crippen LogP contribution in [-0.2, 0) is 20.2 Å². The maximum atomic E-state index is 13.8. The molecule has 1 aliphatic rings. The highest BCUT2D eigenvalue weighted by atomic mass is 19.4. The Kier molecular flexibility index (Phi) is 5.52. The van der Waals surface area contributed by atoms with Gasteiger partial charge in [-0.25, -0.2) is 4.79 Å². The van der Waals surface area contributed by atoms with Gasteiger partial charge in [0, 0.05) is 10.8 Å². The van der Waals surface area contributed by atoms with Crippen LogP contribution in [0.15, 0.2) is 16.5 Å². The topological polar surface area (TPSA) is 57.9 Å². The van der Waals surface area contributed by atoms with Crippen molar-refractivity contribution < 1.29 is 36.4 Å². The number of rotatable bonds is 4. The highest BCUT2D eigenvalue weighted by Gasteiger charge is 2.54. The standard InChI is InChI=1S/C21H26BF3O5/c1-8-27-18(26)17-15(22-29-19(4,5)20(6,7)30-22)13-9-12(11(2)3)10-14(16(13)28-17)21(23,24)25/h9-11H,8H2,1-7H3. The first kappa shape index (κ1) is 22.7. The monoisotopic (exact) mass is 426 g/mol. The summed E-state index contributed by atoms with van der Waals surface area (Å²) in [7, 11) is -1.08. The number of furan rings is 1. The first-order valence-electron chi connectivity index (χ1n) is 9.90. The smallest absolute Gasteiger partial charge is 0.460 e. The van der Waals surface area contributed by atoms with Crippen LogP contribution >= 0.6 is 0 Å². The lowest BCUT2D eigenvalue weighted by Crippen LogP contribution is -2.41. The van der Waals surface area contributed by atoms with Crippen molar-refractivity contribution in [3.63, 3.8) is 0 Å². The predicted molar refractivity (Wildman–Crippen MR) is 107 cm³/mol. The highest BCUT2D eigenvalue weighted by Crippen LogP contribution is 2.41. The highest BCUT2D eigenvalue weighted by molar-refractivity contribution is 6.66. The Morgan fingerprint density at radius 3 is 2.17 bits per heavy atom. The van der Waals surface area contributed by atoms with E-state index in [4.69, 9.17) is 18.5 Å². The molecule has 2 aromatic rings. The molecule has 0 atom stereocenters. The van der Waals surface area contributed by atoms with Crippen LogP contribution in [0.25, 0.3) is 11.0 Å². The summed E-state index contributed by atoms with van der Waals surface area (Å²) in [5.41, 5.74) is -2.30. The number of esters is 1. The lowest BCUT2D eigenvalue weighted by atomic mass is 9.76. The molecule has 0 unspecified atom stereocenters. The minimum absolute atomic E-state index is 0.0437. The van der Waals surface area contributed by atoms with Gasteiger partial charge in [0.05, 0.1) is 23.4 Å². The zero-order valence-corrected chi connectivity index (χ0v) is 18.2. The molecule has 1 fully saturated rings. The Morgan fingerprint density at radius 1 is 1.13 bits per heavy atom. The normalized spacial score (nSPS) is 18.4. The molecule has 0 spiro atoms. The van der Waals surface area contributed by atoms with Gasteiger partial charge in [0.15, 0.2) is 0 Å². The van der Waals surface area contributed by atoms with Gasteiger partial charge in [-0.05, 0) is 58.2 Å². The van der Waals surface area contributed by atoms with Gasteiger partial charge in [0.1, 0.15) is 5.58 Å². The maximum Gasteiger partial charge on any atom is 0.499 e. The molecule has 1 aliphatic heterocycles. The number of fused-ring (bicyclic) bond motifs is 1. The second-order valence-electron chi connectivity index (χ2n) is 8.75. The van der Waals surface area contributed by atoms with Crippen LogP contribution < -0.4 is 5.46 Å². The van der Waals surface area contributed by atoms with Crippen molar-refractivity contribution in [2.24, 2.45) is 0 Å². The van der Waals surface area contributed by atoms with E-state index in [0.717, 1.165) is 6.07 Å². The van der Waals surface area contributed by atoms with Crippen molar-refractivity contribution in [2.45, 2.75) is 71.8 Å². The third-order valence-corrected chi connectivity index (χ3v) is 5.77. The fraction of sp³-hybridized carbons (Fsp3) is 0.571. The number of carbonyl (C=O) groups excluding carboxylic acids is 1. The van der Waals surface area contributed by atoms with E-state index in [-0.39, 0.29) is 29.1 Å². The van der Waals surface area contributed by atoms with Crippen molar-refractivity contribution in [2.75, 3.05) is 6.61 Å². The summed E-state index contributed by atoms with van der Waals surface area (Å²) in [6, 6.07) is 2.65. The fourth-order valence-electron chi connectivity index (χ4n) is 3.33. The van der Waals surface area contributed by atoms with Gasteiger partial charge in [-0.2, -0.15) is 13.2 Å². The fourth-order valence-corrected chi connectivity index (χ4v) is 3.33. The molecule has 1 aromatic heterocycles. The molecule has 9 heteroatoms. The van der Waals surface area contributed by atoms with Gasteiger partial charge < -0.3 is 18.5 Å². The molecule has 3 rings (SSSR count). The van der Waals surface area contributed by atoms with Gasteiger partial charge >= 0.3 is 19.3 Å². The first-order valence-corrected chi connectivity index (χ1v) is 9.90. The summed E-state index contributed by atoms with van der Waals surface area (Å²) in [4.78, 5) is 12.6. The van der Waals surface area contributed by atoms with E-state index in [1.165, 1.54) is 0 Å². The van der Waals surface area contributed by atoms with Crippen LogP contribution in [0.1, 0.15) is 76.1 Å². The van der Waals surface area contributed by atoms with E-state index in [1.54, 1.807) is 26.8 Å². The van der Waals surface area contributed by atoms with Gasteiger partial charge in [0.25, 0.3) is 0 Å². The molecule has 0 bridgehead atoms. The third-order valence-electron chi connectivity index (χ3n) is 5.77. The third kappa shape index (κ3) is 3.73. The molecule has 30 heavy (non-hydrogen) atoms. The second-order valence-corrected chi connectivity index (χ2v) is 8.75. The van der Waals surface area contributed by atoms with Gasteiger partial charge in [0.2, 0.25) is 5.76 Å². The van der Waals surface area contributed by atoms with Gasteiger partial charge in [-0.15, -0.1) is 0 Å². The first-order chi connectivity index (χ1) is 13.7. The van der Waals surface area contributed by atoms with Crippen LogP contribution in [0.5, 0.6) is 0 Å². The lowest BCUT2D eigenvalue weighted by Gasteiger charge is -2.32. The van der Waals surface area contributed by atoms with Crippen molar-refractivity contribution in [1.29, 1.82) is 0 Å². The van der Waals surface area contributed by atoms with E-state index >= 15 is 0 Å². The van der Waals surface area contributed by atoms with E-state index in [9.17, 15) is 18.0 Å². The average molecular weight is 426 g/mol. The molecule has 0 aliphatic carbocycles. The number of benzene rings is 1. The zero-order chi connectivity index (χ0) is 22.6. The maximum absolute atomic E-state index is 13.8. The zero-order valence-electron chi connectivity index (χ0n) is 18.2. The Bertz CT molecular complexity index is 959. The number of alkyl halides is 3. The number of ether oxygens (including phenoxy) is 1. The van der Waals surface area contributed by atoms with Crippen molar-refractivity contribution in [1.82, 2.24) is 0 Å². The number of carbonyl (C=O) groups is 1. The Balaban J connectivity index is 2.34. The Morgan fingerprint density at radius 2 is 1.70 bits per heavy atom. The molecule has 0 saturated carbocycles. The molecule has 5 nitrogen and oxygen atoms in total. The predicted octanol–water partition coefficient (Wildman–Crippen LogP) is 5.05. The molecule has 164 valence electrons. The Hall–Kier alpha value is -2.00. The molecule has 2 heterocycles. The van der Waals surface area contributed by atoms with E-state index in [0.29, 0.717) is 5.56 Å². The molecule has 0 radical (unpaired) electrons. The van der Waals surface area contributed by atoms with Crippen LogP contribution in [-0.4, -0.2) is 30.9 Å². The van der Waals surface area contributed by atoms with Crippen LogP contribution in [0.2, 0.25) is 0 Å². The average Bonchev–Trinajstić information content (AvgIpc) is 3.07. The largest absolute Gasteiger partial charge is 0.499 e. The number of hydrogen-bond donors (Lipinski definition) is 0. The molecular weight excluding hydrogens is 400 g/mol. The van der Waals surface area contributed by atoms with E-state index in [1.807, 2.05) is 27.7 Å². The summed E-state index contributed by atoms with van der Waals surface area (Å²) < 4.78 is 64.1. The summed E-state index contributed by atoms with van der Waals surface area (Å²) in [5, 5.41) is 0.134. The van der Waals surface area contributed by atoms with E-state index in [2.05, 4.69) is 0 Å². The van der Waals surface area contributed by atoms with Gasteiger partial charge in [-0.3, -0.25) is 0 Å². The van der Waals surface area contributed by atoms with Crippen molar-refractivity contribution in [3.05, 3.63) is 29.0 Å². The van der Waals surface area contributed by atoms with Crippen molar-refractivity contribution >= 4 is 29.5 Å². The number of halogens is 3. The minimum atomic E-state index is -4.67. The number of hydrogen-bond acceptors (Lipinski definition) is 5. The molecule has 0 N–H and O–H groups in total. The molecule has 1 saturated heterocycles. The second kappa shape index (κ2) is 7.30. The summed E-state index contributed by atoms with van der Waals surface area (Å²) in [6.45, 7) is 12.5. The van der Waals surface area contributed by atoms with Crippen LogP contribution in [0.4, 0.5) is 13.2 Å². The molecule has 0 amide bonds. The lowest BCUT2D eigenvalue weighted by molar-refractivity contribution is -0.136. The minimum Gasteiger partial charge on any atom is -0.460 e. The van der Waals surface area contributed by atoms with Crippen LogP contribution in [0.3, 0.4) is 0 Å². The summed E-state index contributed by atoms with van der Waals surface area (Å²) >= 11 is 0. The summed E-state index contributed by atoms with van der Waals surface area (Å²) in [5.74, 6) is -1.38. The summed E-state index contributed by atoms with van der Waals surface area (Å²) in [6.07, 6.45) is -4.67. The van der Waals surface area contributed by atoms with Gasteiger partial charge in [-0.1, -0.05) is 13.8 Å².